The average molecular weight is 667 g/mol. The number of amides is 3. The van der Waals surface area contributed by atoms with Crippen LogP contribution in [0.4, 0.5) is 10.5 Å². The second kappa shape index (κ2) is 16.6. The molecule has 2 aromatic rings. The molecule has 2 aromatic carbocycles. The third-order valence-corrected chi connectivity index (χ3v) is 9.78. The molecule has 0 radical (unpaired) electrons. The first-order valence-electron chi connectivity index (χ1n) is 15.4. The van der Waals surface area contributed by atoms with Gasteiger partial charge in [0.1, 0.15) is 5.75 Å². The summed E-state index contributed by atoms with van der Waals surface area (Å²) in [5.41, 5.74) is 0.658. The summed E-state index contributed by atoms with van der Waals surface area (Å²) in [6.07, 6.45) is 1.47. The number of hydrogen-bond acceptors (Lipinski definition) is 7. The van der Waals surface area contributed by atoms with Crippen LogP contribution >= 0.6 is 11.6 Å². The lowest BCUT2D eigenvalue weighted by Gasteiger charge is -2.35. The van der Waals surface area contributed by atoms with Gasteiger partial charge >= 0.3 is 6.03 Å². The fraction of sp³-hybridized carbons (Fsp3) is 0.562. The van der Waals surface area contributed by atoms with Crippen LogP contribution < -0.4 is 15.4 Å². The van der Waals surface area contributed by atoms with Crippen molar-refractivity contribution in [2.24, 2.45) is 5.92 Å². The van der Waals surface area contributed by atoms with Crippen LogP contribution in [0, 0.1) is 5.92 Å². The standard InChI is InChI=1S/C32H47ClN4O7S/c1-21(2)34-32(40)35-26-12-15-29-28(17-26)31(39)37(23(4)20-38)18-22(3)30(43-16-8-7-9-24(5)44-29)19-36(6)45(41,42)27-13-10-25(33)11-14-27/h10-15,17,21-24,30,38H,7-9,16,18-20H2,1-6H3,(H2,34,35,40)/t22-,23-,24+,30+/m1/s1. The smallest absolute Gasteiger partial charge is 0.319 e. The highest BCUT2D eigenvalue weighted by atomic mass is 35.5. The van der Waals surface area contributed by atoms with E-state index >= 15 is 0 Å². The number of carbonyl (C=O) groups excluding carboxylic acids is 2. The number of aliphatic hydroxyl groups excluding tert-OH is 1. The summed E-state index contributed by atoms with van der Waals surface area (Å²) in [7, 11) is -2.33. The lowest BCUT2D eigenvalue weighted by Crippen LogP contribution is -2.48. The quantitative estimate of drug-likeness (QED) is 0.361. The van der Waals surface area contributed by atoms with E-state index in [0.29, 0.717) is 29.5 Å². The highest BCUT2D eigenvalue weighted by Crippen LogP contribution is 2.29. The highest BCUT2D eigenvalue weighted by molar-refractivity contribution is 7.89. The Labute approximate surface area is 272 Å². The van der Waals surface area contributed by atoms with E-state index in [-0.39, 0.29) is 48.2 Å². The molecule has 0 unspecified atom stereocenters. The molecule has 1 aliphatic heterocycles. The number of nitrogens with zero attached hydrogens (tertiary/aromatic N) is 2. The molecule has 13 heteroatoms. The van der Waals surface area contributed by atoms with Crippen LogP contribution in [0.2, 0.25) is 5.02 Å². The van der Waals surface area contributed by atoms with Crippen molar-refractivity contribution in [2.75, 3.05) is 38.7 Å². The fourth-order valence-electron chi connectivity index (χ4n) is 5.03. The number of hydrogen-bond donors (Lipinski definition) is 3. The van der Waals surface area contributed by atoms with E-state index in [4.69, 9.17) is 21.1 Å². The number of halogens is 1. The molecule has 45 heavy (non-hydrogen) atoms. The number of likely N-dealkylation sites (N-methyl/N-ethyl adjacent to an activating group) is 1. The second-order valence-corrected chi connectivity index (χ2v) is 14.5. The second-order valence-electron chi connectivity index (χ2n) is 12.0. The molecule has 0 saturated heterocycles. The molecule has 250 valence electrons. The van der Waals surface area contributed by atoms with Crippen LogP contribution in [-0.2, 0) is 14.8 Å². The molecule has 0 fully saturated rings. The number of anilines is 1. The molecule has 3 rings (SSSR count). The summed E-state index contributed by atoms with van der Waals surface area (Å²) < 4.78 is 40.5. The van der Waals surface area contributed by atoms with Crippen molar-refractivity contribution in [3.63, 3.8) is 0 Å². The number of fused-ring (bicyclic) bond motifs is 1. The van der Waals surface area contributed by atoms with Crippen molar-refractivity contribution in [1.82, 2.24) is 14.5 Å². The number of aliphatic hydroxyl groups is 1. The summed E-state index contributed by atoms with van der Waals surface area (Å²) in [5.74, 6) is -0.338. The summed E-state index contributed by atoms with van der Waals surface area (Å²) in [6, 6.07) is 9.88. The molecule has 4 atom stereocenters. The third-order valence-electron chi connectivity index (χ3n) is 7.69. The molecular weight excluding hydrogens is 620 g/mol. The zero-order chi connectivity index (χ0) is 33.3. The number of urea groups is 1. The van der Waals surface area contributed by atoms with Gasteiger partial charge in [0, 0.05) is 49.4 Å². The van der Waals surface area contributed by atoms with Gasteiger partial charge in [0.25, 0.3) is 5.91 Å². The van der Waals surface area contributed by atoms with Crippen LogP contribution in [0.1, 0.15) is 64.2 Å². The van der Waals surface area contributed by atoms with E-state index in [9.17, 15) is 23.1 Å². The first-order chi connectivity index (χ1) is 21.2. The molecule has 3 N–H and O–H groups in total. The molecule has 0 saturated carbocycles. The summed E-state index contributed by atoms with van der Waals surface area (Å²) in [6.45, 7) is 9.59. The minimum Gasteiger partial charge on any atom is -0.490 e. The number of carbonyl (C=O) groups is 2. The normalized spacial score (nSPS) is 21.1. The minimum absolute atomic E-state index is 0.0524. The van der Waals surface area contributed by atoms with E-state index in [1.54, 1.807) is 30.0 Å². The first kappa shape index (κ1) is 36.6. The molecule has 3 amide bonds. The third kappa shape index (κ3) is 10.3. The number of rotatable bonds is 8. The van der Waals surface area contributed by atoms with Crippen LogP contribution in [0.15, 0.2) is 47.4 Å². The Kier molecular flexibility index (Phi) is 13.5. The predicted octanol–water partition coefficient (Wildman–Crippen LogP) is 4.99. The number of ether oxygens (including phenoxy) is 2. The van der Waals surface area contributed by atoms with Gasteiger partial charge in [-0.3, -0.25) is 4.79 Å². The van der Waals surface area contributed by atoms with Gasteiger partial charge in [0.2, 0.25) is 10.0 Å². The molecule has 1 heterocycles. The summed E-state index contributed by atoms with van der Waals surface area (Å²) >= 11 is 5.97. The van der Waals surface area contributed by atoms with Crippen LogP contribution in [0.5, 0.6) is 5.75 Å². The summed E-state index contributed by atoms with van der Waals surface area (Å²) in [4.78, 5) is 28.3. The number of sulfonamides is 1. The van der Waals surface area contributed by atoms with Gasteiger partial charge in [-0.25, -0.2) is 13.2 Å². The molecule has 0 aliphatic carbocycles. The van der Waals surface area contributed by atoms with Gasteiger partial charge in [-0.15, -0.1) is 0 Å². The molecule has 0 spiro atoms. The van der Waals surface area contributed by atoms with E-state index in [1.807, 2.05) is 27.7 Å². The molecule has 0 bridgehead atoms. The van der Waals surface area contributed by atoms with Crippen LogP contribution in [-0.4, -0.2) is 92.3 Å². The van der Waals surface area contributed by atoms with Crippen molar-refractivity contribution in [2.45, 2.75) is 83.1 Å². The summed E-state index contributed by atoms with van der Waals surface area (Å²) in [5, 5.41) is 16.1. The van der Waals surface area contributed by atoms with Crippen molar-refractivity contribution in [3.05, 3.63) is 53.1 Å². The highest BCUT2D eigenvalue weighted by Gasteiger charge is 2.32. The average Bonchev–Trinajstić information content (AvgIpc) is 2.98. The van der Waals surface area contributed by atoms with E-state index < -0.39 is 34.1 Å². The van der Waals surface area contributed by atoms with Gasteiger partial charge in [-0.05, 0) is 89.4 Å². The van der Waals surface area contributed by atoms with Crippen molar-refractivity contribution in [1.29, 1.82) is 0 Å². The van der Waals surface area contributed by atoms with Crippen LogP contribution in [0.25, 0.3) is 0 Å². The number of nitrogens with one attached hydrogen (secondary N) is 2. The monoisotopic (exact) mass is 666 g/mol. The van der Waals surface area contributed by atoms with E-state index in [0.717, 1.165) is 12.8 Å². The largest absolute Gasteiger partial charge is 0.490 e. The first-order valence-corrected chi connectivity index (χ1v) is 17.2. The molecule has 1 aliphatic rings. The molecule has 11 nitrogen and oxygen atoms in total. The van der Waals surface area contributed by atoms with Gasteiger partial charge in [-0.2, -0.15) is 4.31 Å². The van der Waals surface area contributed by atoms with Gasteiger partial charge in [-0.1, -0.05) is 18.5 Å². The Morgan fingerprint density at radius 2 is 1.82 bits per heavy atom. The maximum Gasteiger partial charge on any atom is 0.319 e. The fourth-order valence-corrected chi connectivity index (χ4v) is 6.34. The zero-order valence-corrected chi connectivity index (χ0v) is 28.5. The van der Waals surface area contributed by atoms with Gasteiger partial charge in [0.05, 0.1) is 35.3 Å². The van der Waals surface area contributed by atoms with Gasteiger partial charge < -0.3 is 30.1 Å². The van der Waals surface area contributed by atoms with Crippen LogP contribution in [0.3, 0.4) is 0 Å². The Morgan fingerprint density at radius 1 is 1.13 bits per heavy atom. The lowest BCUT2D eigenvalue weighted by atomic mass is 10.0. The van der Waals surface area contributed by atoms with E-state index in [1.165, 1.54) is 35.6 Å². The Bertz CT molecular complexity index is 1390. The zero-order valence-electron chi connectivity index (χ0n) is 27.0. The predicted molar refractivity (Wildman–Crippen MR) is 175 cm³/mol. The van der Waals surface area contributed by atoms with E-state index in [2.05, 4.69) is 10.6 Å². The van der Waals surface area contributed by atoms with Gasteiger partial charge in [0.15, 0.2) is 0 Å². The Morgan fingerprint density at radius 3 is 2.47 bits per heavy atom. The molecule has 0 aromatic heterocycles. The maximum atomic E-state index is 14.2. The Balaban J connectivity index is 1.96. The topological polar surface area (TPSA) is 138 Å². The van der Waals surface area contributed by atoms with Crippen molar-refractivity contribution < 1.29 is 32.6 Å². The van der Waals surface area contributed by atoms with Crippen molar-refractivity contribution in [3.8, 4) is 5.75 Å². The van der Waals surface area contributed by atoms with Crippen molar-refractivity contribution >= 4 is 39.2 Å². The lowest BCUT2D eigenvalue weighted by molar-refractivity contribution is -0.00833. The maximum absolute atomic E-state index is 14.2. The SMILES string of the molecule is CC(C)NC(=O)Nc1ccc2c(c1)C(=O)N([C@H](C)CO)C[C@@H](C)[C@H](CN(C)S(=O)(=O)c1ccc(Cl)cc1)OCCCC[C@H](C)O2. The minimum atomic E-state index is -3.84. The molecular formula is C32H47ClN4O7S. The Hall–Kier alpha value is -2.90. The number of benzene rings is 2.